The fraction of sp³-hybridized carbons (Fsp3) is 0.545. The molecule has 9 nitrogen and oxygen atoms in total. The van der Waals surface area contributed by atoms with Crippen LogP contribution in [0.4, 0.5) is 5.69 Å². The molecule has 2 N–H and O–H groups in total. The second kappa shape index (κ2) is 7.42. The number of nitro groups is 1. The molecule has 166 valence electrons. The van der Waals surface area contributed by atoms with Gasteiger partial charge in [-0.05, 0) is 36.0 Å². The van der Waals surface area contributed by atoms with Crippen molar-refractivity contribution < 1.29 is 34.2 Å². The summed E-state index contributed by atoms with van der Waals surface area (Å²) >= 11 is 0. The molecule has 1 saturated carbocycles. The van der Waals surface area contributed by atoms with Crippen LogP contribution in [-0.4, -0.2) is 52.5 Å². The minimum absolute atomic E-state index is 0.00424. The van der Waals surface area contributed by atoms with Crippen LogP contribution < -0.4 is 0 Å². The highest BCUT2D eigenvalue weighted by Crippen LogP contribution is 2.60. The van der Waals surface area contributed by atoms with Crippen molar-refractivity contribution in [1.29, 1.82) is 0 Å². The van der Waals surface area contributed by atoms with E-state index in [-0.39, 0.29) is 30.0 Å². The average molecular weight is 431 g/mol. The highest BCUT2D eigenvalue weighted by atomic mass is 16.6. The molecule has 1 heterocycles. The number of carbonyl (C=O) groups excluding carboxylic acids is 2. The lowest BCUT2D eigenvalue weighted by molar-refractivity contribution is -0.384. The van der Waals surface area contributed by atoms with Gasteiger partial charge in [0.05, 0.1) is 28.8 Å². The minimum atomic E-state index is -1.34. The van der Waals surface area contributed by atoms with Gasteiger partial charge in [0.15, 0.2) is 0 Å². The fourth-order valence-electron chi connectivity index (χ4n) is 5.80. The lowest BCUT2D eigenvalue weighted by Crippen LogP contribution is -2.59. The number of aliphatic hydroxyl groups excluding tert-OH is 2. The van der Waals surface area contributed by atoms with Gasteiger partial charge in [-0.15, -0.1) is 0 Å². The largest absolute Gasteiger partial charge is 0.462 e. The van der Waals surface area contributed by atoms with E-state index in [1.54, 1.807) is 0 Å². The average Bonchev–Trinajstić information content (AvgIpc) is 3.13. The van der Waals surface area contributed by atoms with E-state index in [0.717, 1.165) is 18.4 Å². The number of esters is 2. The second-order valence-corrected chi connectivity index (χ2v) is 9.19. The van der Waals surface area contributed by atoms with Crippen LogP contribution in [0, 0.1) is 26.9 Å². The molecule has 9 heteroatoms. The van der Waals surface area contributed by atoms with Crippen LogP contribution in [0.2, 0.25) is 0 Å². The summed E-state index contributed by atoms with van der Waals surface area (Å²) in [4.78, 5) is 34.9. The van der Waals surface area contributed by atoms with E-state index < -0.39 is 45.8 Å². The molecule has 5 atom stereocenters. The first kappa shape index (κ1) is 21.5. The maximum absolute atomic E-state index is 12.5. The summed E-state index contributed by atoms with van der Waals surface area (Å²) in [6, 6.07) is 5.15. The first-order chi connectivity index (χ1) is 14.6. The molecule has 1 fully saturated rings. The lowest BCUT2D eigenvalue weighted by atomic mass is 9.49. The summed E-state index contributed by atoms with van der Waals surface area (Å²) in [6.45, 7) is 3.99. The van der Waals surface area contributed by atoms with Crippen LogP contribution in [0.1, 0.15) is 43.5 Å². The third-order valence-electron chi connectivity index (χ3n) is 7.27. The van der Waals surface area contributed by atoms with Crippen LogP contribution in [0.25, 0.3) is 0 Å². The molecule has 1 aliphatic heterocycles. The third-order valence-corrected chi connectivity index (χ3v) is 7.27. The summed E-state index contributed by atoms with van der Waals surface area (Å²) in [5.74, 6) is -1.65. The highest BCUT2D eigenvalue weighted by Gasteiger charge is 2.61. The van der Waals surface area contributed by atoms with E-state index in [0.29, 0.717) is 6.42 Å². The van der Waals surface area contributed by atoms with E-state index in [4.69, 9.17) is 9.47 Å². The molecule has 0 bridgehead atoms. The van der Waals surface area contributed by atoms with E-state index >= 15 is 0 Å². The van der Waals surface area contributed by atoms with Crippen molar-refractivity contribution in [3.05, 3.63) is 51.1 Å². The van der Waals surface area contributed by atoms with E-state index in [1.807, 2.05) is 13.8 Å². The molecule has 0 spiro atoms. The molecule has 0 saturated heterocycles. The molecule has 0 amide bonds. The zero-order valence-electron chi connectivity index (χ0n) is 17.4. The molecule has 2 aliphatic carbocycles. The number of cyclic esters (lactones) is 1. The zero-order chi connectivity index (χ0) is 22.6. The van der Waals surface area contributed by atoms with Gasteiger partial charge in [-0.2, -0.15) is 0 Å². The predicted molar refractivity (Wildman–Crippen MR) is 107 cm³/mol. The van der Waals surface area contributed by atoms with Crippen molar-refractivity contribution in [2.45, 2.75) is 45.3 Å². The standard InChI is InChI=1S/C22H25NO8/c1-21(11-31-19(26)12-4-6-13(7-5-12)23(28)29)8-3-9-22(2)14-10-30-20(27)15(14)16(24)17(25)18(21)22/h4-7,16-18,24-25H,3,8-11H2,1-2H3. The van der Waals surface area contributed by atoms with Gasteiger partial charge in [0.2, 0.25) is 0 Å². The number of aliphatic hydroxyl groups is 2. The van der Waals surface area contributed by atoms with Crippen molar-refractivity contribution in [2.24, 2.45) is 16.7 Å². The highest BCUT2D eigenvalue weighted by molar-refractivity contribution is 5.94. The summed E-state index contributed by atoms with van der Waals surface area (Å²) in [5, 5.41) is 32.5. The van der Waals surface area contributed by atoms with Gasteiger partial charge in [0.25, 0.3) is 5.69 Å². The molecule has 0 aromatic heterocycles. The third kappa shape index (κ3) is 3.32. The van der Waals surface area contributed by atoms with Crippen molar-refractivity contribution in [3.8, 4) is 0 Å². The number of benzene rings is 1. The number of fused-ring (bicyclic) bond motifs is 2. The number of hydrogen-bond donors (Lipinski definition) is 2. The quantitative estimate of drug-likeness (QED) is 0.420. The Morgan fingerprint density at radius 3 is 2.58 bits per heavy atom. The van der Waals surface area contributed by atoms with Gasteiger partial charge in [-0.1, -0.05) is 20.3 Å². The van der Waals surface area contributed by atoms with E-state index in [1.165, 1.54) is 24.3 Å². The molecule has 5 unspecified atom stereocenters. The van der Waals surface area contributed by atoms with E-state index in [2.05, 4.69) is 0 Å². The number of non-ortho nitro benzene ring substituents is 1. The summed E-state index contributed by atoms with van der Waals surface area (Å²) in [6.07, 6.45) is -0.347. The van der Waals surface area contributed by atoms with Gasteiger partial charge in [0.1, 0.15) is 12.7 Å². The SMILES string of the molecule is CC1(COC(=O)c2ccc([N+](=O)[O-])cc2)CCCC2(C)C3=C(C(=O)OC3)C(O)C(O)C12. The number of hydrogen-bond acceptors (Lipinski definition) is 8. The Bertz CT molecular complexity index is 970. The van der Waals surface area contributed by atoms with Gasteiger partial charge in [0, 0.05) is 23.5 Å². The Hall–Kier alpha value is -2.78. The first-order valence-corrected chi connectivity index (χ1v) is 10.3. The van der Waals surface area contributed by atoms with Gasteiger partial charge in [-0.25, -0.2) is 9.59 Å². The lowest BCUT2D eigenvalue weighted by Gasteiger charge is -2.57. The van der Waals surface area contributed by atoms with Crippen LogP contribution >= 0.6 is 0 Å². The van der Waals surface area contributed by atoms with Crippen molar-refractivity contribution in [2.75, 3.05) is 13.2 Å². The van der Waals surface area contributed by atoms with Crippen molar-refractivity contribution in [3.63, 3.8) is 0 Å². The normalized spacial score (nSPS) is 34.6. The molecule has 4 rings (SSSR count). The first-order valence-electron chi connectivity index (χ1n) is 10.3. The molecule has 1 aromatic rings. The van der Waals surface area contributed by atoms with Crippen LogP contribution in [0.15, 0.2) is 35.4 Å². The molecule has 1 aromatic carbocycles. The molecule has 3 aliphatic rings. The topological polar surface area (TPSA) is 136 Å². The predicted octanol–water partition coefficient (Wildman–Crippen LogP) is 2.15. The number of carbonyl (C=O) groups is 2. The Labute approximate surface area is 178 Å². The van der Waals surface area contributed by atoms with Crippen LogP contribution in [-0.2, 0) is 14.3 Å². The molecular formula is C22H25NO8. The molecular weight excluding hydrogens is 406 g/mol. The van der Waals surface area contributed by atoms with Gasteiger partial charge < -0.3 is 19.7 Å². The summed E-state index contributed by atoms with van der Waals surface area (Å²) < 4.78 is 10.7. The minimum Gasteiger partial charge on any atom is -0.462 e. The van der Waals surface area contributed by atoms with Crippen LogP contribution in [0.5, 0.6) is 0 Å². The number of rotatable bonds is 4. The maximum Gasteiger partial charge on any atom is 0.338 e. The van der Waals surface area contributed by atoms with Crippen LogP contribution in [0.3, 0.4) is 0 Å². The maximum atomic E-state index is 12.5. The number of ether oxygens (including phenoxy) is 2. The Morgan fingerprint density at radius 1 is 1.26 bits per heavy atom. The monoisotopic (exact) mass is 431 g/mol. The Morgan fingerprint density at radius 2 is 1.94 bits per heavy atom. The van der Waals surface area contributed by atoms with Gasteiger partial charge >= 0.3 is 11.9 Å². The van der Waals surface area contributed by atoms with Gasteiger partial charge in [-0.3, -0.25) is 10.1 Å². The molecule has 31 heavy (non-hydrogen) atoms. The van der Waals surface area contributed by atoms with E-state index in [9.17, 15) is 29.9 Å². The Kier molecular flexibility index (Phi) is 5.13. The zero-order valence-corrected chi connectivity index (χ0v) is 17.4. The number of nitrogens with zero attached hydrogens (tertiary/aromatic N) is 1. The van der Waals surface area contributed by atoms with Crippen molar-refractivity contribution >= 4 is 17.6 Å². The fourth-order valence-corrected chi connectivity index (χ4v) is 5.80. The summed E-state index contributed by atoms with van der Waals surface area (Å²) in [5.41, 5.74) is -0.243. The van der Waals surface area contributed by atoms with Crippen molar-refractivity contribution in [1.82, 2.24) is 0 Å². The second-order valence-electron chi connectivity index (χ2n) is 9.19. The Balaban J connectivity index is 1.57. The smallest absolute Gasteiger partial charge is 0.338 e. The summed E-state index contributed by atoms with van der Waals surface area (Å²) in [7, 11) is 0. The molecule has 0 radical (unpaired) electrons. The number of nitro benzene ring substituents is 1.